The summed E-state index contributed by atoms with van der Waals surface area (Å²) < 4.78 is 0.727. The second-order valence-corrected chi connectivity index (χ2v) is 4.46. The number of rotatable bonds is 4. The lowest BCUT2D eigenvalue weighted by Gasteiger charge is -2.13. The zero-order chi connectivity index (χ0) is 12.1. The molecule has 16 heavy (non-hydrogen) atoms. The molecule has 1 aromatic rings. The first kappa shape index (κ1) is 13.0. The molecule has 0 radical (unpaired) electrons. The Morgan fingerprint density at radius 1 is 1.56 bits per heavy atom. The summed E-state index contributed by atoms with van der Waals surface area (Å²) in [6.07, 6.45) is 0.487. The van der Waals surface area contributed by atoms with Gasteiger partial charge in [-0.3, -0.25) is 4.79 Å². The third-order valence-electron chi connectivity index (χ3n) is 2.14. The minimum atomic E-state index is -0.347. The summed E-state index contributed by atoms with van der Waals surface area (Å²) in [5.41, 5.74) is 0.221. The first-order valence-corrected chi connectivity index (χ1v) is 5.74. The van der Waals surface area contributed by atoms with Crippen molar-refractivity contribution in [3.05, 3.63) is 28.2 Å². The Balaban J connectivity index is 2.76. The van der Waals surface area contributed by atoms with E-state index in [0.717, 1.165) is 4.47 Å². The summed E-state index contributed by atoms with van der Waals surface area (Å²) >= 11 is 3.23. The van der Waals surface area contributed by atoms with Gasteiger partial charge in [-0.05, 0) is 31.5 Å². The Kier molecular flexibility index (Phi) is 4.76. The van der Waals surface area contributed by atoms with E-state index in [1.54, 1.807) is 19.1 Å². The van der Waals surface area contributed by atoms with Gasteiger partial charge in [0.2, 0.25) is 0 Å². The Labute approximate surface area is 102 Å². The number of aliphatic hydroxyl groups excluding tert-OH is 1. The van der Waals surface area contributed by atoms with E-state index in [0.29, 0.717) is 6.42 Å². The van der Waals surface area contributed by atoms with Gasteiger partial charge in [0.05, 0.1) is 5.56 Å². The van der Waals surface area contributed by atoms with Gasteiger partial charge in [-0.2, -0.15) is 0 Å². The standard InChI is InChI=1S/C11H14BrNO3/c1-7(4-5-14)13-11(16)9-6-8(12)2-3-10(9)15/h2-3,6-7,14-15H,4-5H2,1H3,(H,13,16). The van der Waals surface area contributed by atoms with Gasteiger partial charge < -0.3 is 15.5 Å². The van der Waals surface area contributed by atoms with E-state index < -0.39 is 0 Å². The van der Waals surface area contributed by atoms with Gasteiger partial charge in [0, 0.05) is 17.1 Å². The van der Waals surface area contributed by atoms with E-state index in [4.69, 9.17) is 5.11 Å². The summed E-state index contributed by atoms with van der Waals surface area (Å²) in [4.78, 5) is 11.7. The van der Waals surface area contributed by atoms with Crippen LogP contribution < -0.4 is 5.32 Å². The molecule has 0 spiro atoms. The molecular formula is C11H14BrNO3. The highest BCUT2D eigenvalue weighted by Crippen LogP contribution is 2.21. The molecule has 0 aliphatic rings. The van der Waals surface area contributed by atoms with Crippen molar-refractivity contribution in [1.29, 1.82) is 0 Å². The number of nitrogens with one attached hydrogen (secondary N) is 1. The molecule has 0 saturated carbocycles. The number of phenols is 1. The number of aliphatic hydroxyl groups is 1. The van der Waals surface area contributed by atoms with E-state index in [1.165, 1.54) is 6.07 Å². The van der Waals surface area contributed by atoms with Gasteiger partial charge in [0.15, 0.2) is 0 Å². The number of phenolic OH excluding ortho intramolecular Hbond substituents is 1. The van der Waals surface area contributed by atoms with Gasteiger partial charge >= 0.3 is 0 Å². The smallest absolute Gasteiger partial charge is 0.255 e. The third kappa shape index (κ3) is 3.50. The van der Waals surface area contributed by atoms with Crippen LogP contribution in [0.2, 0.25) is 0 Å². The van der Waals surface area contributed by atoms with Crippen LogP contribution in [0.3, 0.4) is 0 Å². The summed E-state index contributed by atoms with van der Waals surface area (Å²) in [7, 11) is 0. The number of aromatic hydroxyl groups is 1. The fourth-order valence-corrected chi connectivity index (χ4v) is 1.62. The molecule has 0 aromatic heterocycles. The number of hydrogen-bond donors (Lipinski definition) is 3. The highest BCUT2D eigenvalue weighted by atomic mass is 79.9. The largest absolute Gasteiger partial charge is 0.507 e. The van der Waals surface area contributed by atoms with E-state index in [2.05, 4.69) is 21.2 Å². The van der Waals surface area contributed by atoms with Gasteiger partial charge in [-0.15, -0.1) is 0 Å². The van der Waals surface area contributed by atoms with Gasteiger partial charge in [0.25, 0.3) is 5.91 Å². The summed E-state index contributed by atoms with van der Waals surface area (Å²) in [5.74, 6) is -0.406. The van der Waals surface area contributed by atoms with Crippen molar-refractivity contribution in [3.8, 4) is 5.75 Å². The van der Waals surface area contributed by atoms with E-state index in [1.807, 2.05) is 0 Å². The average Bonchev–Trinajstić information content (AvgIpc) is 2.21. The van der Waals surface area contributed by atoms with Crippen LogP contribution in [0.25, 0.3) is 0 Å². The maximum absolute atomic E-state index is 11.7. The second-order valence-electron chi connectivity index (χ2n) is 3.55. The predicted molar refractivity (Wildman–Crippen MR) is 64.4 cm³/mol. The topological polar surface area (TPSA) is 69.6 Å². The third-order valence-corrected chi connectivity index (χ3v) is 2.64. The Bertz CT molecular complexity index is 381. The van der Waals surface area contributed by atoms with Crippen molar-refractivity contribution in [2.75, 3.05) is 6.61 Å². The summed E-state index contributed by atoms with van der Waals surface area (Å²) in [5, 5.41) is 20.9. The molecule has 5 heteroatoms. The van der Waals surface area contributed by atoms with Crippen molar-refractivity contribution in [2.45, 2.75) is 19.4 Å². The van der Waals surface area contributed by atoms with Crippen LogP contribution in [-0.4, -0.2) is 28.8 Å². The Morgan fingerprint density at radius 2 is 2.25 bits per heavy atom. The zero-order valence-corrected chi connectivity index (χ0v) is 10.5. The van der Waals surface area contributed by atoms with E-state index >= 15 is 0 Å². The highest BCUT2D eigenvalue weighted by molar-refractivity contribution is 9.10. The first-order valence-electron chi connectivity index (χ1n) is 4.95. The second kappa shape index (κ2) is 5.86. The molecule has 0 fully saturated rings. The molecule has 0 aliphatic carbocycles. The fourth-order valence-electron chi connectivity index (χ4n) is 1.26. The van der Waals surface area contributed by atoms with E-state index in [-0.39, 0.29) is 29.9 Å². The lowest BCUT2D eigenvalue weighted by Crippen LogP contribution is -2.33. The number of hydrogen-bond acceptors (Lipinski definition) is 3. The number of carbonyl (C=O) groups excluding carboxylic acids is 1. The van der Waals surface area contributed by atoms with Gasteiger partial charge in [-0.25, -0.2) is 0 Å². The monoisotopic (exact) mass is 287 g/mol. The molecular weight excluding hydrogens is 274 g/mol. The predicted octanol–water partition coefficient (Wildman–Crippen LogP) is 1.66. The molecule has 0 saturated heterocycles. The first-order chi connectivity index (χ1) is 7.54. The molecule has 1 amide bonds. The van der Waals surface area contributed by atoms with Crippen LogP contribution in [0.5, 0.6) is 5.75 Å². The Morgan fingerprint density at radius 3 is 2.88 bits per heavy atom. The molecule has 0 heterocycles. The SMILES string of the molecule is CC(CCO)NC(=O)c1cc(Br)ccc1O. The van der Waals surface area contributed by atoms with Crippen LogP contribution >= 0.6 is 15.9 Å². The lowest BCUT2D eigenvalue weighted by molar-refractivity contribution is 0.0931. The van der Waals surface area contributed by atoms with Crippen LogP contribution in [0.4, 0.5) is 0 Å². The maximum atomic E-state index is 11.7. The van der Waals surface area contributed by atoms with Crippen molar-refractivity contribution >= 4 is 21.8 Å². The molecule has 1 aromatic carbocycles. The lowest BCUT2D eigenvalue weighted by atomic mass is 10.1. The maximum Gasteiger partial charge on any atom is 0.255 e. The van der Waals surface area contributed by atoms with Crippen molar-refractivity contribution in [2.24, 2.45) is 0 Å². The molecule has 88 valence electrons. The van der Waals surface area contributed by atoms with Gasteiger partial charge in [-0.1, -0.05) is 15.9 Å². The fraction of sp³-hybridized carbons (Fsp3) is 0.364. The summed E-state index contributed by atoms with van der Waals surface area (Å²) in [6, 6.07) is 4.53. The average molecular weight is 288 g/mol. The molecule has 4 nitrogen and oxygen atoms in total. The van der Waals surface area contributed by atoms with Crippen LogP contribution in [-0.2, 0) is 0 Å². The minimum Gasteiger partial charge on any atom is -0.507 e. The number of benzene rings is 1. The summed E-state index contributed by atoms with van der Waals surface area (Å²) in [6.45, 7) is 1.81. The number of halogens is 1. The van der Waals surface area contributed by atoms with Crippen LogP contribution in [0, 0.1) is 0 Å². The van der Waals surface area contributed by atoms with Crippen LogP contribution in [0.15, 0.2) is 22.7 Å². The quantitative estimate of drug-likeness (QED) is 0.789. The molecule has 1 atom stereocenters. The Hall–Kier alpha value is -1.07. The van der Waals surface area contributed by atoms with Crippen LogP contribution in [0.1, 0.15) is 23.7 Å². The minimum absolute atomic E-state index is 0.0198. The molecule has 0 bridgehead atoms. The molecule has 0 aliphatic heterocycles. The van der Waals surface area contributed by atoms with E-state index in [9.17, 15) is 9.90 Å². The zero-order valence-electron chi connectivity index (χ0n) is 8.90. The molecule has 1 unspecified atom stereocenters. The van der Waals surface area contributed by atoms with Gasteiger partial charge in [0.1, 0.15) is 5.75 Å². The molecule has 1 rings (SSSR count). The van der Waals surface area contributed by atoms with Crippen molar-refractivity contribution in [1.82, 2.24) is 5.32 Å². The van der Waals surface area contributed by atoms with Crippen molar-refractivity contribution in [3.63, 3.8) is 0 Å². The number of carbonyl (C=O) groups is 1. The highest BCUT2D eigenvalue weighted by Gasteiger charge is 2.13. The number of amides is 1. The molecule has 3 N–H and O–H groups in total. The normalized spacial score (nSPS) is 12.2. The van der Waals surface area contributed by atoms with Crippen molar-refractivity contribution < 1.29 is 15.0 Å².